The van der Waals surface area contributed by atoms with E-state index in [2.05, 4.69) is 5.32 Å². The summed E-state index contributed by atoms with van der Waals surface area (Å²) in [7, 11) is 0. The van der Waals surface area contributed by atoms with Crippen LogP contribution < -0.4 is 5.32 Å². The van der Waals surface area contributed by atoms with Gasteiger partial charge in [-0.1, -0.05) is 0 Å². The molecule has 0 aliphatic carbocycles. The van der Waals surface area contributed by atoms with Gasteiger partial charge >= 0.3 is 0 Å². The van der Waals surface area contributed by atoms with Crippen molar-refractivity contribution < 1.29 is 14.6 Å². The van der Waals surface area contributed by atoms with Crippen LogP contribution in [0.1, 0.15) is 0 Å². The van der Waals surface area contributed by atoms with Crippen molar-refractivity contribution in [3.63, 3.8) is 0 Å². The fourth-order valence-corrected chi connectivity index (χ4v) is 1.23. The summed E-state index contributed by atoms with van der Waals surface area (Å²) < 4.78 is 4.74. The first-order chi connectivity index (χ1) is 4.70. The van der Waals surface area contributed by atoms with Crippen LogP contribution in [0, 0.1) is 0 Å². The quantitative estimate of drug-likeness (QED) is 0.391. The lowest BCUT2D eigenvalue weighted by Gasteiger charge is -2.11. The molecule has 0 aromatic rings. The van der Waals surface area contributed by atoms with Gasteiger partial charge in [0.15, 0.2) is 0 Å². The molecule has 58 valence electrons. The van der Waals surface area contributed by atoms with Gasteiger partial charge in [0.05, 0.1) is 25.4 Å². The third-order valence-electron chi connectivity index (χ3n) is 1.35. The molecular formula is C5H8INO3. The number of nitrogens with one attached hydrogen (secondary N) is 1. The molecule has 1 aliphatic heterocycles. The summed E-state index contributed by atoms with van der Waals surface area (Å²) in [6, 6.07) is -0.218. The van der Waals surface area contributed by atoms with E-state index in [1.807, 2.05) is 0 Å². The summed E-state index contributed by atoms with van der Waals surface area (Å²) in [6.45, 7) is 0.734. The van der Waals surface area contributed by atoms with Crippen LogP contribution in [0.15, 0.2) is 0 Å². The maximum absolute atomic E-state index is 10.5. The number of carbonyl (C=O) groups excluding carboxylic acids is 1. The number of ether oxygens (including phenoxy) is 1. The Morgan fingerprint density at radius 2 is 2.40 bits per heavy atom. The first-order valence-corrected chi connectivity index (χ1v) is 4.00. The molecule has 0 radical (unpaired) electrons. The molecule has 0 aromatic heterocycles. The first kappa shape index (κ1) is 8.22. The maximum atomic E-state index is 10.5. The van der Waals surface area contributed by atoms with E-state index in [4.69, 9.17) is 9.84 Å². The highest BCUT2D eigenvalue weighted by molar-refractivity contribution is 14.1. The number of hydrogen-bond acceptors (Lipinski definition) is 3. The van der Waals surface area contributed by atoms with Gasteiger partial charge in [-0.25, -0.2) is 0 Å². The van der Waals surface area contributed by atoms with Crippen molar-refractivity contribution in [1.82, 2.24) is 5.32 Å². The minimum atomic E-state index is -0.543. The third kappa shape index (κ3) is 2.06. The van der Waals surface area contributed by atoms with Gasteiger partial charge in [-0.2, -0.15) is 0 Å². The van der Waals surface area contributed by atoms with Crippen molar-refractivity contribution in [3.05, 3.63) is 0 Å². The first-order valence-electron chi connectivity index (χ1n) is 2.92. The molecule has 1 aliphatic rings. The van der Waals surface area contributed by atoms with E-state index in [0.717, 1.165) is 0 Å². The van der Waals surface area contributed by atoms with Crippen LogP contribution in [0.3, 0.4) is 0 Å². The van der Waals surface area contributed by atoms with E-state index < -0.39 is 6.10 Å². The zero-order valence-corrected chi connectivity index (χ0v) is 7.37. The molecule has 2 N–H and O–H groups in total. The predicted octanol–water partition coefficient (Wildman–Crippen LogP) is -0.109. The van der Waals surface area contributed by atoms with Crippen molar-refractivity contribution in [2.24, 2.45) is 0 Å². The zero-order chi connectivity index (χ0) is 7.56. The molecule has 2 atom stereocenters. The van der Waals surface area contributed by atoms with Crippen molar-refractivity contribution in [1.29, 1.82) is 0 Å². The Morgan fingerprint density at radius 3 is 2.80 bits per heavy atom. The number of aliphatic hydroxyl groups is 1. The average Bonchev–Trinajstić information content (AvgIpc) is 2.15. The van der Waals surface area contributed by atoms with Crippen molar-refractivity contribution in [2.75, 3.05) is 13.2 Å². The Labute approximate surface area is 72.1 Å². The van der Waals surface area contributed by atoms with Gasteiger partial charge < -0.3 is 15.2 Å². The van der Waals surface area contributed by atoms with Gasteiger partial charge in [-0.3, -0.25) is 4.79 Å². The molecule has 0 saturated carbocycles. The highest BCUT2D eigenvalue weighted by Gasteiger charge is 2.26. The van der Waals surface area contributed by atoms with Crippen LogP contribution in [0.2, 0.25) is 0 Å². The standard InChI is InChI=1S/C5H8INO3/c6-5(9)7-3-1-10-2-4(3)8/h3-4,8H,1-2H2,(H,7,9)/t3-,4-/m0/s1. The highest BCUT2D eigenvalue weighted by atomic mass is 127. The smallest absolute Gasteiger partial charge is 0.281 e. The van der Waals surface area contributed by atoms with Crippen molar-refractivity contribution in [3.8, 4) is 0 Å². The van der Waals surface area contributed by atoms with E-state index in [-0.39, 0.29) is 9.96 Å². The number of rotatable bonds is 1. The van der Waals surface area contributed by atoms with Crippen LogP contribution in [0.25, 0.3) is 0 Å². The van der Waals surface area contributed by atoms with Gasteiger partial charge in [0.25, 0.3) is 3.91 Å². The van der Waals surface area contributed by atoms with Crippen LogP contribution in [0.4, 0.5) is 4.79 Å². The SMILES string of the molecule is O=C(I)N[C@H]1COC[C@@H]1O. The second-order valence-electron chi connectivity index (χ2n) is 2.13. The summed E-state index contributed by atoms with van der Waals surface area (Å²) in [5.74, 6) is 0. The minimum Gasteiger partial charge on any atom is -0.388 e. The highest BCUT2D eigenvalue weighted by Crippen LogP contribution is 2.05. The molecule has 1 fully saturated rings. The average molecular weight is 257 g/mol. The van der Waals surface area contributed by atoms with Gasteiger partial charge in [0.2, 0.25) is 0 Å². The van der Waals surface area contributed by atoms with Crippen molar-refractivity contribution >= 4 is 26.5 Å². The Morgan fingerprint density at radius 1 is 1.70 bits per heavy atom. The Hall–Kier alpha value is 0.120. The van der Waals surface area contributed by atoms with Crippen LogP contribution in [-0.2, 0) is 4.74 Å². The van der Waals surface area contributed by atoms with E-state index >= 15 is 0 Å². The number of amides is 1. The van der Waals surface area contributed by atoms with Gasteiger partial charge in [0.1, 0.15) is 0 Å². The fraction of sp³-hybridized carbons (Fsp3) is 0.800. The molecule has 0 spiro atoms. The van der Waals surface area contributed by atoms with E-state index in [0.29, 0.717) is 13.2 Å². The lowest BCUT2D eigenvalue weighted by atomic mass is 10.2. The Balaban J connectivity index is 2.33. The lowest BCUT2D eigenvalue weighted by Crippen LogP contribution is -2.39. The molecule has 1 heterocycles. The third-order valence-corrected chi connectivity index (χ3v) is 1.66. The van der Waals surface area contributed by atoms with Gasteiger partial charge in [-0.15, -0.1) is 0 Å². The maximum Gasteiger partial charge on any atom is 0.281 e. The topological polar surface area (TPSA) is 58.6 Å². The summed E-state index contributed by atoms with van der Waals surface area (Å²) >= 11 is 1.63. The molecule has 0 unspecified atom stereocenters. The van der Waals surface area contributed by atoms with Gasteiger partial charge in [0, 0.05) is 22.6 Å². The van der Waals surface area contributed by atoms with Crippen LogP contribution in [0.5, 0.6) is 0 Å². The summed E-state index contributed by atoms with van der Waals surface area (Å²) in [6.07, 6.45) is -0.543. The second kappa shape index (κ2) is 3.49. The Kier molecular flexibility index (Phi) is 2.87. The zero-order valence-electron chi connectivity index (χ0n) is 5.21. The minimum absolute atomic E-state index is 0.160. The van der Waals surface area contributed by atoms with E-state index in [1.165, 1.54) is 0 Å². The molecule has 1 rings (SSSR count). The molecule has 4 nitrogen and oxygen atoms in total. The molecule has 5 heteroatoms. The second-order valence-corrected chi connectivity index (χ2v) is 3.11. The Bertz CT molecular complexity index is 141. The fourth-order valence-electron chi connectivity index (χ4n) is 0.827. The molecular weight excluding hydrogens is 249 g/mol. The van der Waals surface area contributed by atoms with Crippen LogP contribution >= 0.6 is 22.6 Å². The normalized spacial score (nSPS) is 32.2. The number of carbonyl (C=O) groups is 1. The summed E-state index contributed by atoms with van der Waals surface area (Å²) in [5, 5.41) is 11.7. The number of hydrogen-bond donors (Lipinski definition) is 2. The predicted molar refractivity (Wildman–Crippen MR) is 43.2 cm³/mol. The van der Waals surface area contributed by atoms with Crippen molar-refractivity contribution in [2.45, 2.75) is 12.1 Å². The lowest BCUT2D eigenvalue weighted by molar-refractivity contribution is 0.123. The van der Waals surface area contributed by atoms with E-state index in [1.54, 1.807) is 22.6 Å². The summed E-state index contributed by atoms with van der Waals surface area (Å²) in [5.41, 5.74) is 0. The van der Waals surface area contributed by atoms with Gasteiger partial charge in [-0.05, 0) is 0 Å². The molecule has 0 aromatic carbocycles. The largest absolute Gasteiger partial charge is 0.388 e. The van der Waals surface area contributed by atoms with E-state index in [9.17, 15) is 4.79 Å². The molecule has 10 heavy (non-hydrogen) atoms. The number of halogens is 1. The molecule has 0 bridgehead atoms. The number of aliphatic hydroxyl groups excluding tert-OH is 1. The van der Waals surface area contributed by atoms with Crippen LogP contribution in [-0.4, -0.2) is 34.4 Å². The molecule has 1 amide bonds. The summed E-state index contributed by atoms with van der Waals surface area (Å²) in [4.78, 5) is 10.5. The monoisotopic (exact) mass is 257 g/mol. The molecule has 1 saturated heterocycles.